The van der Waals surface area contributed by atoms with Gasteiger partial charge in [-0.25, -0.2) is 0 Å². The number of nitrogens with one attached hydrogen (secondary N) is 1. The first-order valence-electron chi connectivity index (χ1n) is 4.95. The molecule has 0 spiro atoms. The van der Waals surface area contributed by atoms with Crippen molar-refractivity contribution in [1.29, 1.82) is 0 Å². The van der Waals surface area contributed by atoms with Gasteiger partial charge in [0.15, 0.2) is 0 Å². The Morgan fingerprint density at radius 2 is 2.42 bits per heavy atom. The Labute approximate surface area is 75.6 Å². The molecule has 1 rings (SSSR count). The highest BCUT2D eigenvalue weighted by Crippen LogP contribution is 2.13. The second-order valence-electron chi connectivity index (χ2n) is 3.51. The molecule has 0 saturated carbocycles. The molecule has 0 radical (unpaired) electrons. The third kappa shape index (κ3) is 3.12. The van der Waals surface area contributed by atoms with Gasteiger partial charge < -0.3 is 5.32 Å². The van der Waals surface area contributed by atoms with Gasteiger partial charge in [-0.15, -0.1) is 0 Å². The van der Waals surface area contributed by atoms with Gasteiger partial charge in [0, 0.05) is 12.2 Å². The van der Waals surface area contributed by atoms with Crippen molar-refractivity contribution < 1.29 is 0 Å². The summed E-state index contributed by atoms with van der Waals surface area (Å²) in [5, 5.41) is 3.42. The number of allylic oxidation sites excluding steroid dienone is 3. The fraction of sp³-hybridized carbons (Fsp3) is 0.636. The van der Waals surface area contributed by atoms with Crippen LogP contribution in [0.2, 0.25) is 0 Å². The lowest BCUT2D eigenvalue weighted by molar-refractivity contribution is 0.685. The molecule has 0 aliphatic heterocycles. The molecule has 1 unspecified atom stereocenters. The monoisotopic (exact) mass is 165 g/mol. The van der Waals surface area contributed by atoms with Crippen LogP contribution in [0.1, 0.15) is 33.1 Å². The molecule has 1 aliphatic rings. The van der Waals surface area contributed by atoms with Gasteiger partial charge >= 0.3 is 0 Å². The predicted octanol–water partition coefficient (Wildman–Crippen LogP) is 2.86. The molecule has 1 aliphatic carbocycles. The summed E-state index contributed by atoms with van der Waals surface area (Å²) in [7, 11) is 0. The van der Waals surface area contributed by atoms with Gasteiger partial charge in [0.2, 0.25) is 0 Å². The first-order chi connectivity index (χ1) is 5.83. The van der Waals surface area contributed by atoms with E-state index in [1.807, 2.05) is 0 Å². The third-order valence-corrected chi connectivity index (χ3v) is 2.17. The molecule has 0 bridgehead atoms. The number of unbranched alkanes of at least 4 members (excludes halogenated alkanes) is 1. The van der Waals surface area contributed by atoms with Crippen molar-refractivity contribution in [2.24, 2.45) is 5.92 Å². The maximum absolute atomic E-state index is 3.42. The molecule has 1 nitrogen and oxygen atoms in total. The molecule has 0 fully saturated rings. The average Bonchev–Trinajstić information content (AvgIpc) is 2.09. The van der Waals surface area contributed by atoms with E-state index in [1.165, 1.54) is 25.0 Å². The van der Waals surface area contributed by atoms with Gasteiger partial charge in [0.1, 0.15) is 0 Å². The molecule has 0 aromatic rings. The summed E-state index contributed by atoms with van der Waals surface area (Å²) in [6.45, 7) is 5.58. The molecule has 0 saturated heterocycles. The van der Waals surface area contributed by atoms with Crippen molar-refractivity contribution in [3.63, 3.8) is 0 Å². The van der Waals surface area contributed by atoms with Crippen molar-refractivity contribution in [2.75, 3.05) is 6.54 Å². The van der Waals surface area contributed by atoms with Crippen LogP contribution in [0.4, 0.5) is 0 Å². The molecule has 0 aromatic heterocycles. The maximum atomic E-state index is 3.42. The zero-order valence-electron chi connectivity index (χ0n) is 8.14. The van der Waals surface area contributed by atoms with Crippen molar-refractivity contribution in [3.8, 4) is 0 Å². The predicted molar refractivity (Wildman–Crippen MR) is 53.9 cm³/mol. The number of hydrogen-bond acceptors (Lipinski definition) is 1. The lowest BCUT2D eigenvalue weighted by atomic mass is 10.0. The van der Waals surface area contributed by atoms with Crippen LogP contribution in [0.15, 0.2) is 23.9 Å². The molecule has 1 atom stereocenters. The van der Waals surface area contributed by atoms with Crippen LogP contribution < -0.4 is 5.32 Å². The summed E-state index contributed by atoms with van der Waals surface area (Å²) in [5.74, 6) is 0.724. The maximum Gasteiger partial charge on any atom is 0.0296 e. The van der Waals surface area contributed by atoms with Crippen LogP contribution in [0.5, 0.6) is 0 Å². The van der Waals surface area contributed by atoms with Gasteiger partial charge in [-0.1, -0.05) is 32.4 Å². The van der Waals surface area contributed by atoms with E-state index in [2.05, 4.69) is 37.4 Å². The molecular weight excluding hydrogens is 146 g/mol. The molecule has 0 aromatic carbocycles. The topological polar surface area (TPSA) is 12.0 Å². The van der Waals surface area contributed by atoms with Gasteiger partial charge in [-0.3, -0.25) is 0 Å². The Morgan fingerprint density at radius 1 is 1.58 bits per heavy atom. The highest BCUT2D eigenvalue weighted by Gasteiger charge is 2.01. The first-order valence-corrected chi connectivity index (χ1v) is 4.95. The molecule has 68 valence electrons. The Kier molecular flexibility index (Phi) is 3.92. The van der Waals surface area contributed by atoms with E-state index in [9.17, 15) is 0 Å². The summed E-state index contributed by atoms with van der Waals surface area (Å²) in [6.07, 6.45) is 10.5. The average molecular weight is 165 g/mol. The lowest BCUT2D eigenvalue weighted by Crippen LogP contribution is -2.15. The normalized spacial score (nSPS) is 22.2. The van der Waals surface area contributed by atoms with E-state index in [1.54, 1.807) is 0 Å². The summed E-state index contributed by atoms with van der Waals surface area (Å²) in [6, 6.07) is 0. The largest absolute Gasteiger partial charge is 0.385 e. The van der Waals surface area contributed by atoms with E-state index in [0.29, 0.717) is 0 Å². The first kappa shape index (κ1) is 9.37. The van der Waals surface area contributed by atoms with Crippen molar-refractivity contribution >= 4 is 0 Å². The van der Waals surface area contributed by atoms with Crippen molar-refractivity contribution in [1.82, 2.24) is 5.32 Å². The molecule has 1 heteroatoms. The quantitative estimate of drug-likeness (QED) is 0.632. The Bertz CT molecular complexity index is 179. The Balaban J connectivity index is 2.21. The van der Waals surface area contributed by atoms with E-state index in [0.717, 1.165) is 12.5 Å². The van der Waals surface area contributed by atoms with Gasteiger partial charge in [0.25, 0.3) is 0 Å². The number of rotatable bonds is 4. The van der Waals surface area contributed by atoms with Crippen LogP contribution in [0.3, 0.4) is 0 Å². The second-order valence-corrected chi connectivity index (χ2v) is 3.51. The van der Waals surface area contributed by atoms with Crippen LogP contribution in [-0.4, -0.2) is 6.54 Å². The molecular formula is C11H19N. The summed E-state index contributed by atoms with van der Waals surface area (Å²) < 4.78 is 0. The Hall–Kier alpha value is -0.720. The van der Waals surface area contributed by atoms with E-state index < -0.39 is 0 Å². The van der Waals surface area contributed by atoms with E-state index in [4.69, 9.17) is 0 Å². The summed E-state index contributed by atoms with van der Waals surface area (Å²) in [5.41, 5.74) is 1.31. The van der Waals surface area contributed by atoms with E-state index >= 15 is 0 Å². The second kappa shape index (κ2) is 5.02. The van der Waals surface area contributed by atoms with E-state index in [-0.39, 0.29) is 0 Å². The summed E-state index contributed by atoms with van der Waals surface area (Å²) >= 11 is 0. The van der Waals surface area contributed by atoms with Crippen LogP contribution >= 0.6 is 0 Å². The Morgan fingerprint density at radius 3 is 3.00 bits per heavy atom. The molecule has 0 heterocycles. The van der Waals surface area contributed by atoms with Gasteiger partial charge in [-0.05, 0) is 24.8 Å². The molecule has 0 amide bonds. The van der Waals surface area contributed by atoms with Crippen molar-refractivity contribution in [2.45, 2.75) is 33.1 Å². The van der Waals surface area contributed by atoms with Gasteiger partial charge in [0.05, 0.1) is 0 Å². The smallest absolute Gasteiger partial charge is 0.0296 e. The molecule has 1 N–H and O–H groups in total. The summed E-state index contributed by atoms with van der Waals surface area (Å²) in [4.78, 5) is 0. The zero-order chi connectivity index (χ0) is 8.81. The minimum atomic E-state index is 0.724. The number of hydrogen-bond donors (Lipinski definition) is 1. The lowest BCUT2D eigenvalue weighted by Gasteiger charge is -2.13. The minimum Gasteiger partial charge on any atom is -0.385 e. The third-order valence-electron chi connectivity index (χ3n) is 2.17. The minimum absolute atomic E-state index is 0.724. The molecule has 12 heavy (non-hydrogen) atoms. The van der Waals surface area contributed by atoms with Gasteiger partial charge in [-0.2, -0.15) is 0 Å². The van der Waals surface area contributed by atoms with Crippen molar-refractivity contribution in [3.05, 3.63) is 23.9 Å². The fourth-order valence-electron chi connectivity index (χ4n) is 1.27. The van der Waals surface area contributed by atoms with Crippen LogP contribution in [0, 0.1) is 5.92 Å². The highest BCUT2D eigenvalue weighted by molar-refractivity contribution is 5.21. The van der Waals surface area contributed by atoms with Crippen LogP contribution in [0.25, 0.3) is 0 Å². The van der Waals surface area contributed by atoms with Crippen LogP contribution in [-0.2, 0) is 0 Å². The standard InChI is InChI=1S/C11H19N/c1-3-4-9-12-11-7-5-10(2)6-8-11/h5,7-8,10,12H,3-4,6,9H2,1-2H3. The SMILES string of the molecule is CCCCNC1=CCC(C)C=C1. The zero-order valence-corrected chi connectivity index (χ0v) is 8.14. The fourth-order valence-corrected chi connectivity index (χ4v) is 1.27. The highest BCUT2D eigenvalue weighted by atomic mass is 14.9.